The molecule has 172 valence electrons. The molecule has 1 saturated heterocycles. The van der Waals surface area contributed by atoms with E-state index in [1.54, 1.807) is 6.07 Å². The van der Waals surface area contributed by atoms with Gasteiger partial charge >= 0.3 is 0 Å². The second kappa shape index (κ2) is 8.76. The van der Waals surface area contributed by atoms with E-state index in [1.165, 1.54) is 0 Å². The van der Waals surface area contributed by atoms with Gasteiger partial charge in [0.05, 0.1) is 18.9 Å². The fourth-order valence-corrected chi connectivity index (χ4v) is 3.64. The molecule has 9 nitrogen and oxygen atoms in total. The summed E-state index contributed by atoms with van der Waals surface area (Å²) in [6, 6.07) is 0.604. The number of aromatic amines is 1. The summed E-state index contributed by atoms with van der Waals surface area (Å²) >= 11 is 0. The number of pyridine rings is 1. The quantitative estimate of drug-likeness (QED) is 0.484. The van der Waals surface area contributed by atoms with Crippen molar-refractivity contribution in [2.75, 3.05) is 22.0 Å². The van der Waals surface area contributed by atoms with Crippen molar-refractivity contribution in [3.05, 3.63) is 47.3 Å². The number of rotatable bonds is 6. The van der Waals surface area contributed by atoms with Crippen molar-refractivity contribution in [2.24, 2.45) is 0 Å². The Bertz CT molecular complexity index is 1470. The average molecular weight is 458 g/mol. The van der Waals surface area contributed by atoms with E-state index in [9.17, 15) is 9.18 Å². The van der Waals surface area contributed by atoms with E-state index in [0.29, 0.717) is 35.7 Å². The van der Waals surface area contributed by atoms with Crippen LogP contribution in [0.25, 0.3) is 0 Å². The fraction of sp³-hybridized carbons (Fsp3) is 0.435. The van der Waals surface area contributed by atoms with Crippen LogP contribution in [0.4, 0.5) is 27.7 Å². The first-order valence-corrected chi connectivity index (χ1v) is 10.6. The van der Waals surface area contributed by atoms with E-state index in [0.717, 1.165) is 29.6 Å². The molecule has 5 rings (SSSR count). The van der Waals surface area contributed by atoms with Crippen LogP contribution in [-0.2, 0) is 17.6 Å². The zero-order valence-electron chi connectivity index (χ0n) is 25.0. The smallest absolute Gasteiger partial charge is 0.247 e. The number of hydrogen-bond donors (Lipinski definition) is 3. The maximum atomic E-state index is 13.6. The van der Waals surface area contributed by atoms with E-state index in [2.05, 4.69) is 35.8 Å². The molecule has 0 spiro atoms. The summed E-state index contributed by atoms with van der Waals surface area (Å²) in [7, 11) is 0. The van der Waals surface area contributed by atoms with Gasteiger partial charge in [-0.15, -0.1) is 0 Å². The van der Waals surface area contributed by atoms with Gasteiger partial charge < -0.3 is 15.5 Å². The molecular formula is C23H27FN8O. The van der Waals surface area contributed by atoms with Gasteiger partial charge in [0.1, 0.15) is 11.8 Å². The molecule has 33 heavy (non-hydrogen) atoms. The number of amides is 1. The molecule has 1 aliphatic heterocycles. The number of aromatic nitrogens is 5. The van der Waals surface area contributed by atoms with Gasteiger partial charge in [-0.25, -0.2) is 9.97 Å². The average Bonchev–Trinajstić information content (AvgIpc) is 3.56. The SMILES string of the molecule is [2H]C1([2H])N(c2nc3c(c(Nc4cc(C(C)C)[nH]n4)n2)CCC3)[C@]([2H])(C(=O)Nc2ccc(F)nc2)C([2H])([2H])C1([2H])[2H]. The number of H-pyrrole nitrogens is 1. The molecule has 10 heteroatoms. The maximum absolute atomic E-state index is 13.6. The number of carbonyl (C=O) groups excluding carboxylic acids is 1. The second-order valence-electron chi connectivity index (χ2n) is 8.01. The van der Waals surface area contributed by atoms with Gasteiger partial charge in [-0.2, -0.15) is 14.5 Å². The maximum Gasteiger partial charge on any atom is 0.247 e. The Kier molecular flexibility index (Phi) is 3.87. The van der Waals surface area contributed by atoms with Crippen LogP contribution in [0.1, 0.15) is 65.5 Å². The summed E-state index contributed by atoms with van der Waals surface area (Å²) in [6.45, 7) is 0.712. The molecular weight excluding hydrogens is 423 g/mol. The normalized spacial score (nSPS) is 27.4. The van der Waals surface area contributed by atoms with Gasteiger partial charge in [-0.1, -0.05) is 13.8 Å². The highest BCUT2D eigenvalue weighted by Crippen LogP contribution is 2.33. The highest BCUT2D eigenvalue weighted by atomic mass is 19.1. The van der Waals surface area contributed by atoms with Crippen LogP contribution in [0.5, 0.6) is 0 Å². The molecule has 0 bridgehead atoms. The molecule has 0 saturated carbocycles. The number of nitrogens with zero attached hydrogens (tertiary/aromatic N) is 5. The number of halogens is 1. The molecule has 1 amide bonds. The van der Waals surface area contributed by atoms with Crippen LogP contribution in [0.2, 0.25) is 0 Å². The van der Waals surface area contributed by atoms with Gasteiger partial charge in [0.2, 0.25) is 17.8 Å². The molecule has 3 aromatic rings. The van der Waals surface area contributed by atoms with Gasteiger partial charge in [0.15, 0.2) is 5.82 Å². The summed E-state index contributed by atoms with van der Waals surface area (Å²) in [5.41, 5.74) is 1.98. The molecule has 2 aliphatic rings. The number of nitrogens with one attached hydrogen (secondary N) is 3. The molecule has 1 atom stereocenters. The fourth-order valence-electron chi connectivity index (χ4n) is 3.64. The number of carbonyl (C=O) groups is 1. The van der Waals surface area contributed by atoms with Crippen molar-refractivity contribution >= 4 is 29.2 Å². The number of fused-ring (bicyclic) bond motifs is 1. The molecule has 1 fully saturated rings. The Hall–Kier alpha value is -3.56. The molecule has 4 heterocycles. The minimum atomic E-state index is -3.41. The van der Waals surface area contributed by atoms with Gasteiger partial charge in [-0.3, -0.25) is 9.89 Å². The zero-order chi connectivity index (χ0) is 29.3. The van der Waals surface area contributed by atoms with Crippen molar-refractivity contribution in [2.45, 2.75) is 57.8 Å². The highest BCUT2D eigenvalue weighted by molar-refractivity contribution is 5.96. The third kappa shape index (κ3) is 4.37. The molecule has 0 aromatic carbocycles. The van der Waals surface area contributed by atoms with E-state index < -0.39 is 43.1 Å². The van der Waals surface area contributed by atoms with Crippen LogP contribution in [0.15, 0.2) is 24.4 Å². The Morgan fingerprint density at radius 1 is 1.36 bits per heavy atom. The predicted octanol–water partition coefficient (Wildman–Crippen LogP) is 3.70. The van der Waals surface area contributed by atoms with Crippen LogP contribution in [-0.4, -0.2) is 43.6 Å². The van der Waals surface area contributed by atoms with Crippen LogP contribution in [0, 0.1) is 5.95 Å². The first-order valence-electron chi connectivity index (χ1n) is 14.1. The summed E-state index contributed by atoms with van der Waals surface area (Å²) in [6.07, 6.45) is -4.06. The second-order valence-corrected chi connectivity index (χ2v) is 8.01. The van der Waals surface area contributed by atoms with Crippen LogP contribution < -0.4 is 15.5 Å². The number of aryl methyl sites for hydroxylation is 1. The monoisotopic (exact) mass is 457 g/mol. The van der Waals surface area contributed by atoms with E-state index >= 15 is 0 Å². The van der Waals surface area contributed by atoms with Crippen LogP contribution >= 0.6 is 0 Å². The minimum Gasteiger partial charge on any atom is -0.329 e. The standard InChI is InChI=1S/C23H27FN8O/c1-13(2)17-11-20(31-30-17)28-21-15-5-3-6-16(15)27-23(29-21)32-10-4-7-18(32)22(33)26-14-8-9-19(24)25-12-14/h8-9,11-13,18H,3-7,10H2,1-2H3,(H,26,33)(H2,27,28,29,30,31)/t18-/m0/s1/i4D2,7D2,10D2,18D. The van der Waals surface area contributed by atoms with Crippen molar-refractivity contribution in [3.63, 3.8) is 0 Å². The van der Waals surface area contributed by atoms with E-state index in [1.807, 2.05) is 13.8 Å². The van der Waals surface area contributed by atoms with Crippen molar-refractivity contribution in [3.8, 4) is 0 Å². The molecule has 3 aromatic heterocycles. The van der Waals surface area contributed by atoms with Crippen molar-refractivity contribution < 1.29 is 18.8 Å². The first-order chi connectivity index (χ1) is 18.6. The molecule has 3 N–H and O–H groups in total. The number of hydrogen-bond acceptors (Lipinski definition) is 7. The van der Waals surface area contributed by atoms with E-state index in [4.69, 9.17) is 9.60 Å². The summed E-state index contributed by atoms with van der Waals surface area (Å²) in [4.78, 5) is 26.1. The molecule has 0 unspecified atom stereocenters. The Morgan fingerprint density at radius 2 is 2.24 bits per heavy atom. The summed E-state index contributed by atoms with van der Waals surface area (Å²) in [5.74, 6) is -1.99. The third-order valence-electron chi connectivity index (χ3n) is 5.36. The lowest BCUT2D eigenvalue weighted by molar-refractivity contribution is -0.117. The van der Waals surface area contributed by atoms with Crippen molar-refractivity contribution in [1.82, 2.24) is 25.1 Å². The Balaban J connectivity index is 1.63. The lowest BCUT2D eigenvalue weighted by atomic mass is 10.1. The predicted molar refractivity (Wildman–Crippen MR) is 123 cm³/mol. The summed E-state index contributed by atoms with van der Waals surface area (Å²) < 4.78 is 73.5. The van der Waals surface area contributed by atoms with Gasteiger partial charge in [0, 0.05) is 32.0 Å². The van der Waals surface area contributed by atoms with Crippen molar-refractivity contribution in [1.29, 1.82) is 0 Å². The lowest BCUT2D eigenvalue weighted by Crippen LogP contribution is -2.40. The van der Waals surface area contributed by atoms with Gasteiger partial charge in [-0.05, 0) is 50.1 Å². The zero-order valence-corrected chi connectivity index (χ0v) is 18.0. The lowest BCUT2D eigenvalue weighted by Gasteiger charge is -2.25. The third-order valence-corrected chi connectivity index (χ3v) is 5.36. The Labute approximate surface area is 201 Å². The Morgan fingerprint density at radius 3 is 3.00 bits per heavy atom. The minimum absolute atomic E-state index is 0.0986. The van der Waals surface area contributed by atoms with Gasteiger partial charge in [0.25, 0.3) is 0 Å². The summed E-state index contributed by atoms with van der Waals surface area (Å²) in [5, 5.41) is 12.5. The van der Waals surface area contributed by atoms with E-state index in [-0.39, 0.29) is 17.4 Å². The van der Waals surface area contributed by atoms with Crippen LogP contribution in [0.3, 0.4) is 0 Å². The first kappa shape index (κ1) is 14.6. The molecule has 1 aliphatic carbocycles. The highest BCUT2D eigenvalue weighted by Gasteiger charge is 2.34. The largest absolute Gasteiger partial charge is 0.329 e. The molecule has 0 radical (unpaired) electrons. The number of anilines is 4. The topological polar surface area (TPSA) is 112 Å².